The number of halogens is 1. The van der Waals surface area contributed by atoms with Crippen LogP contribution in [-0.2, 0) is 16.2 Å². The Morgan fingerprint density at radius 1 is 1.06 bits per heavy atom. The van der Waals surface area contributed by atoms with Gasteiger partial charge in [-0.3, -0.25) is 20.4 Å². The molecule has 0 spiro atoms. The number of ether oxygens (including phenoxy) is 2. The van der Waals surface area contributed by atoms with E-state index in [1.54, 1.807) is 30.2 Å². The van der Waals surface area contributed by atoms with E-state index in [2.05, 4.69) is 26.8 Å². The first kappa shape index (κ1) is 22.7. The van der Waals surface area contributed by atoms with Crippen LogP contribution in [0.1, 0.15) is 12.0 Å². The van der Waals surface area contributed by atoms with Crippen LogP contribution < -0.4 is 25.2 Å². The molecule has 0 radical (unpaired) electrons. The normalized spacial score (nSPS) is 15.3. The monoisotopic (exact) mass is 509 g/mol. The number of carbonyl (C=O) groups is 2. The number of amides is 2. The van der Waals surface area contributed by atoms with Crippen molar-refractivity contribution in [3.05, 3.63) is 82.8 Å². The highest BCUT2D eigenvalue weighted by molar-refractivity contribution is 9.10. The van der Waals surface area contributed by atoms with E-state index in [0.717, 1.165) is 15.7 Å². The molecule has 0 aliphatic carbocycles. The molecule has 33 heavy (non-hydrogen) atoms. The van der Waals surface area contributed by atoms with Crippen LogP contribution in [0.15, 0.2) is 77.3 Å². The maximum absolute atomic E-state index is 12.6. The molecule has 0 aromatic heterocycles. The lowest BCUT2D eigenvalue weighted by atomic mass is 10.1. The van der Waals surface area contributed by atoms with Gasteiger partial charge in [-0.25, -0.2) is 0 Å². The van der Waals surface area contributed by atoms with Crippen LogP contribution in [-0.4, -0.2) is 25.5 Å². The topological polar surface area (TPSA) is 79.9 Å². The Bertz CT molecular complexity index is 1120. The molecule has 4 rings (SSSR count). The molecular formula is C25H24BrN3O4. The minimum Gasteiger partial charge on any atom is -0.493 e. The average molecular weight is 510 g/mol. The smallest absolute Gasteiger partial charge is 0.243 e. The number of nitrogens with zero attached hydrogens (tertiary/aromatic N) is 1. The van der Waals surface area contributed by atoms with Gasteiger partial charge in [0.1, 0.15) is 6.61 Å². The van der Waals surface area contributed by atoms with E-state index in [-0.39, 0.29) is 18.2 Å². The van der Waals surface area contributed by atoms with Crippen molar-refractivity contribution in [3.63, 3.8) is 0 Å². The van der Waals surface area contributed by atoms with Crippen molar-refractivity contribution in [1.29, 1.82) is 0 Å². The molecule has 0 unspecified atom stereocenters. The Morgan fingerprint density at radius 3 is 2.55 bits per heavy atom. The number of anilines is 2. The Hall–Kier alpha value is -3.52. The van der Waals surface area contributed by atoms with Gasteiger partial charge in [-0.1, -0.05) is 46.3 Å². The number of hydrazine groups is 1. The second kappa shape index (κ2) is 10.4. The molecule has 3 aromatic carbocycles. The third-order valence-electron chi connectivity index (χ3n) is 5.36. The fourth-order valence-electron chi connectivity index (χ4n) is 3.58. The standard InChI is InChI=1S/C25H24BrN3O4/c1-32-23-14-20(11-12-22(23)33-16-17-7-9-19(26)10-8-17)27-28-25(31)18-13-24(30)29(15-18)21-5-3-2-4-6-21/h2-12,14,18,27H,13,15-16H2,1H3,(H,28,31)/t18-/m1/s1. The number of benzene rings is 3. The lowest BCUT2D eigenvalue weighted by Crippen LogP contribution is -2.36. The van der Waals surface area contributed by atoms with Gasteiger partial charge in [0, 0.05) is 29.2 Å². The zero-order chi connectivity index (χ0) is 23.2. The van der Waals surface area contributed by atoms with Crippen molar-refractivity contribution in [2.24, 2.45) is 5.92 Å². The van der Waals surface area contributed by atoms with Crippen molar-refractivity contribution >= 4 is 39.1 Å². The van der Waals surface area contributed by atoms with Crippen LogP contribution in [0.4, 0.5) is 11.4 Å². The van der Waals surface area contributed by atoms with Gasteiger partial charge in [-0.05, 0) is 42.0 Å². The van der Waals surface area contributed by atoms with Crippen molar-refractivity contribution in [2.75, 3.05) is 24.0 Å². The summed E-state index contributed by atoms with van der Waals surface area (Å²) >= 11 is 3.42. The van der Waals surface area contributed by atoms with Gasteiger partial charge in [0.15, 0.2) is 11.5 Å². The molecule has 1 aliphatic rings. The summed E-state index contributed by atoms with van der Waals surface area (Å²) in [6.07, 6.45) is 0.175. The number of rotatable bonds is 8. The minimum atomic E-state index is -0.430. The first-order valence-electron chi connectivity index (χ1n) is 10.5. The van der Waals surface area contributed by atoms with Crippen molar-refractivity contribution in [2.45, 2.75) is 13.0 Å². The third-order valence-corrected chi connectivity index (χ3v) is 5.89. The molecule has 8 heteroatoms. The van der Waals surface area contributed by atoms with E-state index >= 15 is 0 Å². The van der Waals surface area contributed by atoms with Crippen molar-refractivity contribution in [3.8, 4) is 11.5 Å². The Labute approximate surface area is 200 Å². The molecule has 2 amide bonds. The van der Waals surface area contributed by atoms with Gasteiger partial charge in [-0.15, -0.1) is 0 Å². The van der Waals surface area contributed by atoms with Crippen LogP contribution >= 0.6 is 15.9 Å². The van der Waals surface area contributed by atoms with Crippen LogP contribution in [0.2, 0.25) is 0 Å². The molecular weight excluding hydrogens is 486 g/mol. The van der Waals surface area contributed by atoms with Crippen molar-refractivity contribution < 1.29 is 19.1 Å². The van der Waals surface area contributed by atoms with Crippen LogP contribution in [0, 0.1) is 5.92 Å². The second-order valence-electron chi connectivity index (χ2n) is 7.64. The minimum absolute atomic E-state index is 0.0599. The van der Waals surface area contributed by atoms with Crippen LogP contribution in [0.25, 0.3) is 0 Å². The van der Waals surface area contributed by atoms with Crippen molar-refractivity contribution in [1.82, 2.24) is 5.43 Å². The van der Waals surface area contributed by atoms with Crippen LogP contribution in [0.5, 0.6) is 11.5 Å². The van der Waals surface area contributed by atoms with Gasteiger partial charge < -0.3 is 14.4 Å². The number of carbonyl (C=O) groups excluding carboxylic acids is 2. The molecule has 1 heterocycles. The van der Waals surface area contributed by atoms with E-state index in [1.165, 1.54) is 0 Å². The highest BCUT2D eigenvalue weighted by atomic mass is 79.9. The highest BCUT2D eigenvalue weighted by Crippen LogP contribution is 2.31. The SMILES string of the molecule is COc1cc(NNC(=O)[C@@H]2CC(=O)N(c3ccccc3)C2)ccc1OCc1ccc(Br)cc1. The zero-order valence-corrected chi connectivity index (χ0v) is 19.7. The predicted molar refractivity (Wildman–Crippen MR) is 130 cm³/mol. The molecule has 2 N–H and O–H groups in total. The van der Waals surface area contributed by atoms with E-state index in [0.29, 0.717) is 30.3 Å². The van der Waals surface area contributed by atoms with Crippen LogP contribution in [0.3, 0.4) is 0 Å². The fourth-order valence-corrected chi connectivity index (χ4v) is 3.85. The number of hydrogen-bond acceptors (Lipinski definition) is 5. The molecule has 0 bridgehead atoms. The first-order valence-corrected chi connectivity index (χ1v) is 11.3. The summed E-state index contributed by atoms with van der Waals surface area (Å²) in [7, 11) is 1.56. The molecule has 1 atom stereocenters. The van der Waals surface area contributed by atoms with Gasteiger partial charge >= 0.3 is 0 Å². The largest absolute Gasteiger partial charge is 0.493 e. The molecule has 3 aromatic rings. The summed E-state index contributed by atoms with van der Waals surface area (Å²) in [5.74, 6) is 0.405. The van der Waals surface area contributed by atoms with E-state index in [1.807, 2.05) is 54.6 Å². The molecule has 0 saturated carbocycles. The molecule has 1 aliphatic heterocycles. The average Bonchev–Trinajstić information content (AvgIpc) is 3.24. The molecule has 7 nitrogen and oxygen atoms in total. The maximum Gasteiger partial charge on any atom is 0.243 e. The molecule has 1 fully saturated rings. The number of methoxy groups -OCH3 is 1. The Balaban J connectivity index is 1.33. The lowest BCUT2D eigenvalue weighted by Gasteiger charge is -2.17. The number of hydrogen-bond donors (Lipinski definition) is 2. The fraction of sp³-hybridized carbons (Fsp3) is 0.200. The highest BCUT2D eigenvalue weighted by Gasteiger charge is 2.35. The van der Waals surface area contributed by atoms with Gasteiger partial charge in [0.05, 0.1) is 18.7 Å². The first-order chi connectivity index (χ1) is 16.0. The van der Waals surface area contributed by atoms with Gasteiger partial charge in [0.2, 0.25) is 11.8 Å². The van der Waals surface area contributed by atoms with Gasteiger partial charge in [0.25, 0.3) is 0 Å². The third kappa shape index (κ3) is 5.64. The summed E-state index contributed by atoms with van der Waals surface area (Å²) in [4.78, 5) is 26.6. The summed E-state index contributed by atoms with van der Waals surface area (Å²) < 4.78 is 12.3. The number of nitrogens with one attached hydrogen (secondary N) is 2. The predicted octanol–water partition coefficient (Wildman–Crippen LogP) is 4.53. The summed E-state index contributed by atoms with van der Waals surface area (Å²) in [6, 6.07) is 22.6. The van der Waals surface area contributed by atoms with E-state index in [4.69, 9.17) is 9.47 Å². The lowest BCUT2D eigenvalue weighted by molar-refractivity contribution is -0.125. The zero-order valence-electron chi connectivity index (χ0n) is 18.1. The summed E-state index contributed by atoms with van der Waals surface area (Å²) in [5.41, 5.74) is 8.07. The summed E-state index contributed by atoms with van der Waals surface area (Å²) in [5, 5.41) is 0. The second-order valence-corrected chi connectivity index (χ2v) is 8.55. The summed E-state index contributed by atoms with van der Waals surface area (Å²) in [6.45, 7) is 0.753. The Kier molecular flexibility index (Phi) is 7.14. The quantitative estimate of drug-likeness (QED) is 0.436. The van der Waals surface area contributed by atoms with E-state index < -0.39 is 5.92 Å². The molecule has 170 valence electrons. The van der Waals surface area contributed by atoms with Gasteiger partial charge in [-0.2, -0.15) is 0 Å². The molecule has 1 saturated heterocycles. The Morgan fingerprint density at radius 2 is 1.82 bits per heavy atom. The maximum atomic E-state index is 12.6. The number of para-hydroxylation sites is 1. The van der Waals surface area contributed by atoms with E-state index in [9.17, 15) is 9.59 Å².